The van der Waals surface area contributed by atoms with Gasteiger partial charge in [-0.1, -0.05) is 18.0 Å². The number of benzene rings is 2. The number of rotatable bonds is 8. The number of aliphatic hydroxyl groups is 1. The van der Waals surface area contributed by atoms with Gasteiger partial charge in [-0.25, -0.2) is 9.40 Å². The zero-order chi connectivity index (χ0) is 30.2. The van der Waals surface area contributed by atoms with Gasteiger partial charge in [0.05, 0.1) is 40.7 Å². The number of piperidine rings is 1. The summed E-state index contributed by atoms with van der Waals surface area (Å²) in [5.74, 6) is -2.28. The van der Waals surface area contributed by atoms with E-state index in [1.165, 1.54) is 36.4 Å². The third kappa shape index (κ3) is 6.29. The van der Waals surface area contributed by atoms with E-state index < -0.39 is 40.9 Å². The van der Waals surface area contributed by atoms with Gasteiger partial charge in [0.15, 0.2) is 0 Å². The molecule has 0 bridgehead atoms. The fourth-order valence-corrected chi connectivity index (χ4v) is 6.70. The number of carbonyl (C=O) groups is 1. The largest absolute Gasteiger partial charge is 0.392 e. The van der Waals surface area contributed by atoms with Gasteiger partial charge in [0, 0.05) is 37.3 Å². The summed E-state index contributed by atoms with van der Waals surface area (Å²) < 4.78 is 82.3. The van der Waals surface area contributed by atoms with Gasteiger partial charge >= 0.3 is 16.3 Å². The van der Waals surface area contributed by atoms with Crippen molar-refractivity contribution in [2.24, 2.45) is 0 Å². The quantitative estimate of drug-likeness (QED) is 0.262. The molecule has 1 aromatic heterocycles. The SMILES string of the molecule is O=C1c2c(CO)c(-c3ccc(OS(=O)(=O)CCC(F)(F)F)cc3)n(-c3ccc(F)cc3Cl)c2CCN1N1CCCCC1. The van der Waals surface area contributed by atoms with Crippen LogP contribution in [-0.2, 0) is 23.1 Å². The molecule has 226 valence electrons. The maximum Gasteiger partial charge on any atom is 0.390 e. The predicted molar refractivity (Wildman–Crippen MR) is 147 cm³/mol. The number of nitrogens with zero attached hydrogens (tertiary/aromatic N) is 3. The molecule has 1 N–H and O–H groups in total. The number of hydrogen-bond donors (Lipinski definition) is 1. The molecule has 0 atom stereocenters. The van der Waals surface area contributed by atoms with Gasteiger partial charge in [0.1, 0.15) is 11.6 Å². The van der Waals surface area contributed by atoms with Gasteiger partial charge in [-0.3, -0.25) is 9.80 Å². The molecule has 3 heterocycles. The number of carbonyl (C=O) groups excluding carboxylic acids is 1. The molecule has 1 fully saturated rings. The monoisotopic (exact) mass is 629 g/mol. The minimum absolute atomic E-state index is 0.0696. The molecule has 2 aromatic carbocycles. The van der Waals surface area contributed by atoms with Crippen LogP contribution in [0.5, 0.6) is 5.75 Å². The van der Waals surface area contributed by atoms with Crippen molar-refractivity contribution >= 4 is 27.6 Å². The van der Waals surface area contributed by atoms with Gasteiger partial charge < -0.3 is 13.9 Å². The van der Waals surface area contributed by atoms with E-state index in [-0.39, 0.29) is 16.7 Å². The van der Waals surface area contributed by atoms with Crippen LogP contribution in [0.15, 0.2) is 42.5 Å². The first-order valence-corrected chi connectivity index (χ1v) is 15.3. The van der Waals surface area contributed by atoms with Crippen LogP contribution in [0, 0.1) is 5.82 Å². The highest BCUT2D eigenvalue weighted by Crippen LogP contribution is 2.40. The first-order chi connectivity index (χ1) is 19.9. The first kappa shape index (κ1) is 30.3. The Kier molecular flexibility index (Phi) is 8.57. The van der Waals surface area contributed by atoms with E-state index in [4.69, 9.17) is 15.8 Å². The van der Waals surface area contributed by atoms with Crippen LogP contribution in [0.25, 0.3) is 16.9 Å². The summed E-state index contributed by atoms with van der Waals surface area (Å²) in [5.41, 5.74) is 2.39. The maximum atomic E-state index is 14.0. The van der Waals surface area contributed by atoms with Crippen molar-refractivity contribution in [2.75, 3.05) is 25.4 Å². The number of alkyl halides is 3. The number of hydrazine groups is 1. The molecule has 42 heavy (non-hydrogen) atoms. The summed E-state index contributed by atoms with van der Waals surface area (Å²) in [7, 11) is -4.52. The molecule has 0 unspecified atom stereocenters. The molecule has 1 saturated heterocycles. The van der Waals surface area contributed by atoms with E-state index in [1.54, 1.807) is 9.58 Å². The Labute approximate surface area is 245 Å². The minimum atomic E-state index is -4.66. The number of fused-ring (bicyclic) bond motifs is 1. The van der Waals surface area contributed by atoms with Crippen LogP contribution < -0.4 is 4.18 Å². The van der Waals surface area contributed by atoms with Gasteiger partial charge in [-0.05, 0) is 60.9 Å². The highest BCUT2D eigenvalue weighted by molar-refractivity contribution is 7.87. The van der Waals surface area contributed by atoms with Crippen LogP contribution in [-0.4, -0.2) is 65.6 Å². The standard InChI is InChI=1S/C28H28ClF4N3O5S/c29-22-16-19(30)6-9-23(22)36-24-10-14-35(34-12-2-1-3-13-34)27(38)25(24)21(17-37)26(36)18-4-7-20(8-5-18)41-42(39,40)15-11-28(31,32)33/h4-9,16,37H,1-3,10-15,17H2. The lowest BCUT2D eigenvalue weighted by molar-refractivity contribution is -0.130. The first-order valence-electron chi connectivity index (χ1n) is 13.4. The van der Waals surface area contributed by atoms with E-state index in [0.29, 0.717) is 46.7 Å². The highest BCUT2D eigenvalue weighted by atomic mass is 35.5. The van der Waals surface area contributed by atoms with Crippen molar-refractivity contribution in [3.8, 4) is 22.7 Å². The zero-order valence-corrected chi connectivity index (χ0v) is 23.9. The normalized spacial score (nSPS) is 16.5. The smallest absolute Gasteiger partial charge is 0.390 e. The molecule has 3 aromatic rings. The molecular formula is C28H28ClF4N3O5S. The van der Waals surface area contributed by atoms with Crippen molar-refractivity contribution in [3.05, 3.63) is 70.1 Å². The van der Waals surface area contributed by atoms with Crippen LogP contribution in [0.3, 0.4) is 0 Å². The minimum Gasteiger partial charge on any atom is -0.392 e. The Morgan fingerprint density at radius 3 is 2.31 bits per heavy atom. The van der Waals surface area contributed by atoms with Gasteiger partial charge in [-0.15, -0.1) is 0 Å². The second-order valence-electron chi connectivity index (χ2n) is 10.2. The third-order valence-electron chi connectivity index (χ3n) is 7.35. The highest BCUT2D eigenvalue weighted by Gasteiger charge is 2.37. The second kappa shape index (κ2) is 11.9. The average Bonchev–Trinajstić information content (AvgIpc) is 3.27. The predicted octanol–water partition coefficient (Wildman–Crippen LogP) is 5.49. The Balaban J connectivity index is 1.58. The summed E-state index contributed by atoms with van der Waals surface area (Å²) in [5, 5.41) is 14.4. The van der Waals surface area contributed by atoms with E-state index in [0.717, 1.165) is 38.4 Å². The van der Waals surface area contributed by atoms with Crippen LogP contribution >= 0.6 is 11.6 Å². The molecule has 14 heteroatoms. The van der Waals surface area contributed by atoms with E-state index >= 15 is 0 Å². The Hall–Kier alpha value is -3.13. The van der Waals surface area contributed by atoms with Crippen molar-refractivity contribution in [3.63, 3.8) is 0 Å². The molecule has 5 rings (SSSR count). The zero-order valence-electron chi connectivity index (χ0n) is 22.3. The molecular weight excluding hydrogens is 602 g/mol. The van der Waals surface area contributed by atoms with E-state index in [9.17, 15) is 35.9 Å². The number of halogens is 5. The van der Waals surface area contributed by atoms with E-state index in [1.807, 2.05) is 5.01 Å². The Morgan fingerprint density at radius 1 is 1.00 bits per heavy atom. The summed E-state index contributed by atoms with van der Waals surface area (Å²) in [6.07, 6.45) is -2.79. The molecule has 0 aliphatic carbocycles. The number of aliphatic hydroxyl groups excluding tert-OH is 1. The molecule has 2 aliphatic rings. The molecule has 0 spiro atoms. The van der Waals surface area contributed by atoms with Crippen LogP contribution in [0.2, 0.25) is 5.02 Å². The van der Waals surface area contributed by atoms with E-state index in [2.05, 4.69) is 0 Å². The summed E-state index contributed by atoms with van der Waals surface area (Å²) in [6, 6.07) is 9.31. The lowest BCUT2D eigenvalue weighted by Crippen LogP contribution is -2.51. The number of hydrogen-bond acceptors (Lipinski definition) is 6. The molecule has 2 aliphatic heterocycles. The molecule has 0 saturated carbocycles. The maximum absolute atomic E-state index is 14.0. The van der Waals surface area contributed by atoms with Gasteiger partial charge in [-0.2, -0.15) is 21.6 Å². The number of amides is 1. The molecule has 0 radical (unpaired) electrons. The summed E-state index contributed by atoms with van der Waals surface area (Å²) in [6.45, 7) is 1.34. The van der Waals surface area contributed by atoms with Crippen LogP contribution in [0.1, 0.15) is 47.3 Å². The Morgan fingerprint density at radius 2 is 1.69 bits per heavy atom. The van der Waals surface area contributed by atoms with Crippen molar-refractivity contribution in [1.29, 1.82) is 0 Å². The second-order valence-corrected chi connectivity index (χ2v) is 12.3. The topological polar surface area (TPSA) is 92.1 Å². The third-order valence-corrected chi connectivity index (χ3v) is 8.80. The lowest BCUT2D eigenvalue weighted by atomic mass is 10.0. The molecule has 8 nitrogen and oxygen atoms in total. The fourth-order valence-electron chi connectivity index (χ4n) is 5.48. The van der Waals surface area contributed by atoms with Gasteiger partial charge in [0.25, 0.3) is 5.91 Å². The van der Waals surface area contributed by atoms with Crippen molar-refractivity contribution in [1.82, 2.24) is 14.6 Å². The number of aromatic nitrogens is 1. The van der Waals surface area contributed by atoms with Crippen molar-refractivity contribution < 1.29 is 40.1 Å². The van der Waals surface area contributed by atoms with Gasteiger partial charge in [0.2, 0.25) is 0 Å². The fraction of sp³-hybridized carbons (Fsp3) is 0.393. The summed E-state index contributed by atoms with van der Waals surface area (Å²) >= 11 is 6.47. The lowest BCUT2D eigenvalue weighted by Gasteiger charge is -2.39. The summed E-state index contributed by atoms with van der Waals surface area (Å²) in [4.78, 5) is 13.9. The Bertz CT molecular complexity index is 1590. The van der Waals surface area contributed by atoms with Crippen LogP contribution in [0.4, 0.5) is 17.6 Å². The molecule has 1 amide bonds. The van der Waals surface area contributed by atoms with Crippen molar-refractivity contribution in [2.45, 2.75) is 44.9 Å². The average molecular weight is 630 g/mol.